The van der Waals surface area contributed by atoms with Crippen molar-refractivity contribution in [3.8, 4) is 5.88 Å². The minimum Gasteiger partial charge on any atom is -0.477 e. The zero-order valence-corrected chi connectivity index (χ0v) is 23.7. The molecule has 4 aliphatic rings. The maximum atomic E-state index is 13.5. The zero-order chi connectivity index (χ0) is 25.9. The van der Waals surface area contributed by atoms with Crippen molar-refractivity contribution in [3.63, 3.8) is 0 Å². The second kappa shape index (κ2) is 12.7. The molecule has 0 aromatic carbocycles. The molecule has 1 aromatic rings. The van der Waals surface area contributed by atoms with Crippen molar-refractivity contribution in [2.24, 2.45) is 40.7 Å². The molecule has 0 unspecified atom stereocenters. The highest BCUT2D eigenvalue weighted by atomic mass is 35.5. The first-order chi connectivity index (χ1) is 17.3. The Morgan fingerprint density at radius 3 is 2.32 bits per heavy atom. The minimum atomic E-state index is -0.681. The molecule has 4 saturated carbocycles. The van der Waals surface area contributed by atoms with Crippen molar-refractivity contribution in [2.45, 2.75) is 78.7 Å². The lowest BCUT2D eigenvalue weighted by Crippen LogP contribution is -2.55. The van der Waals surface area contributed by atoms with E-state index in [2.05, 4.69) is 29.6 Å². The molecule has 5 rings (SSSR count). The summed E-state index contributed by atoms with van der Waals surface area (Å²) in [5.74, 6) is 3.49. The highest BCUT2D eigenvalue weighted by Crippen LogP contribution is 2.53. The standard InChI is InChI=1S/C28H45N5O3.ClH/c1-5-28(6-2,27(35)30-9-8-29)7-10-33-26(36-17-18(3)4)23(16-31-33)25(34)32-24-21-12-19-11-20(14-21)15-22(24)13-19;/h7,10,16,18-22,24H,5-6,8-9,11-15,17,29H2,1-4H3,(H,30,35)(H,32,34);1H/b10-7+;. The fourth-order valence-electron chi connectivity index (χ4n) is 6.85. The number of nitrogens with one attached hydrogen (secondary N) is 2. The Kier molecular flexibility index (Phi) is 10.1. The molecule has 2 amide bonds. The average Bonchev–Trinajstić information content (AvgIpc) is 3.27. The highest BCUT2D eigenvalue weighted by molar-refractivity contribution is 5.96. The summed E-state index contributed by atoms with van der Waals surface area (Å²) in [7, 11) is 0. The highest BCUT2D eigenvalue weighted by Gasteiger charge is 2.48. The lowest BCUT2D eigenvalue weighted by molar-refractivity contribution is -0.128. The number of ether oxygens (including phenoxy) is 1. The van der Waals surface area contributed by atoms with E-state index in [4.69, 9.17) is 10.5 Å². The Labute approximate surface area is 227 Å². The molecule has 1 aromatic heterocycles. The summed E-state index contributed by atoms with van der Waals surface area (Å²) in [4.78, 5) is 26.4. The van der Waals surface area contributed by atoms with Crippen LogP contribution in [0.5, 0.6) is 5.88 Å². The summed E-state index contributed by atoms with van der Waals surface area (Å²) in [6.45, 7) is 9.46. The third-order valence-electron chi connectivity index (χ3n) is 8.75. The molecule has 4 N–H and O–H groups in total. The van der Waals surface area contributed by atoms with Gasteiger partial charge >= 0.3 is 0 Å². The molecule has 37 heavy (non-hydrogen) atoms. The van der Waals surface area contributed by atoms with E-state index >= 15 is 0 Å². The van der Waals surface area contributed by atoms with Gasteiger partial charge < -0.3 is 21.1 Å². The molecule has 0 saturated heterocycles. The quantitative estimate of drug-likeness (QED) is 0.370. The van der Waals surface area contributed by atoms with Crippen LogP contribution in [-0.2, 0) is 4.79 Å². The summed E-state index contributed by atoms with van der Waals surface area (Å²) in [6.07, 6.45) is 12.9. The fraction of sp³-hybridized carbons (Fsp3) is 0.750. The summed E-state index contributed by atoms with van der Waals surface area (Å²) < 4.78 is 7.73. The van der Waals surface area contributed by atoms with Crippen molar-refractivity contribution in [2.75, 3.05) is 19.7 Å². The molecule has 8 nitrogen and oxygen atoms in total. The van der Waals surface area contributed by atoms with E-state index in [0.29, 0.717) is 61.7 Å². The van der Waals surface area contributed by atoms with E-state index in [1.54, 1.807) is 17.1 Å². The first-order valence-corrected chi connectivity index (χ1v) is 14.0. The van der Waals surface area contributed by atoms with Crippen LogP contribution in [0.25, 0.3) is 6.20 Å². The minimum absolute atomic E-state index is 0. The fourth-order valence-corrected chi connectivity index (χ4v) is 6.85. The van der Waals surface area contributed by atoms with Gasteiger partial charge in [-0.2, -0.15) is 5.10 Å². The molecule has 4 fully saturated rings. The van der Waals surface area contributed by atoms with Gasteiger partial charge in [0.2, 0.25) is 11.8 Å². The molecule has 4 bridgehead atoms. The number of rotatable bonds is 12. The van der Waals surface area contributed by atoms with Crippen molar-refractivity contribution < 1.29 is 14.3 Å². The Balaban J connectivity index is 0.00000380. The van der Waals surface area contributed by atoms with Gasteiger partial charge in [0.1, 0.15) is 5.56 Å². The van der Waals surface area contributed by atoms with E-state index in [-0.39, 0.29) is 30.3 Å². The normalized spacial score (nSPS) is 26.4. The molecule has 0 radical (unpaired) electrons. The number of hydrogen-bond acceptors (Lipinski definition) is 5. The number of carbonyl (C=O) groups excluding carboxylic acids is 2. The van der Waals surface area contributed by atoms with Crippen molar-refractivity contribution in [1.29, 1.82) is 0 Å². The van der Waals surface area contributed by atoms with Crippen LogP contribution >= 0.6 is 12.4 Å². The molecular formula is C28H46ClN5O3. The van der Waals surface area contributed by atoms with E-state index < -0.39 is 5.41 Å². The molecule has 208 valence electrons. The van der Waals surface area contributed by atoms with E-state index in [9.17, 15) is 9.59 Å². The van der Waals surface area contributed by atoms with Crippen LogP contribution in [0.4, 0.5) is 0 Å². The second-order valence-corrected chi connectivity index (χ2v) is 11.7. The average molecular weight is 536 g/mol. The van der Waals surface area contributed by atoms with Gasteiger partial charge in [0.15, 0.2) is 0 Å². The Hall–Kier alpha value is -2.06. The zero-order valence-electron chi connectivity index (χ0n) is 22.9. The predicted molar refractivity (Wildman–Crippen MR) is 149 cm³/mol. The van der Waals surface area contributed by atoms with Crippen molar-refractivity contribution in [3.05, 3.63) is 17.8 Å². The molecule has 0 atom stereocenters. The number of amides is 2. The van der Waals surface area contributed by atoms with Crippen LogP contribution in [0, 0.1) is 35.0 Å². The topological polar surface area (TPSA) is 111 Å². The number of nitrogens with two attached hydrogens (primary N) is 1. The first kappa shape index (κ1) is 29.5. The molecule has 0 aliphatic heterocycles. The van der Waals surface area contributed by atoms with Gasteiger partial charge in [-0.3, -0.25) is 9.59 Å². The Morgan fingerprint density at radius 2 is 1.78 bits per heavy atom. The Morgan fingerprint density at radius 1 is 1.16 bits per heavy atom. The third-order valence-corrected chi connectivity index (χ3v) is 8.75. The Bertz CT molecular complexity index is 928. The predicted octanol–water partition coefficient (Wildman–Crippen LogP) is 4.25. The van der Waals surface area contributed by atoms with Gasteiger partial charge in [0, 0.05) is 25.3 Å². The van der Waals surface area contributed by atoms with Crippen LogP contribution in [0.2, 0.25) is 0 Å². The maximum absolute atomic E-state index is 13.5. The third kappa shape index (κ3) is 6.33. The van der Waals surface area contributed by atoms with Crippen molar-refractivity contribution in [1.82, 2.24) is 20.4 Å². The number of carbonyl (C=O) groups is 2. The molecule has 0 spiro atoms. The number of aromatic nitrogens is 2. The molecule has 1 heterocycles. The maximum Gasteiger partial charge on any atom is 0.258 e. The number of hydrogen-bond donors (Lipinski definition) is 3. The van der Waals surface area contributed by atoms with Crippen LogP contribution in [0.1, 0.15) is 83.0 Å². The van der Waals surface area contributed by atoms with E-state index in [1.807, 2.05) is 19.9 Å². The van der Waals surface area contributed by atoms with Crippen LogP contribution in [0.3, 0.4) is 0 Å². The lowest BCUT2D eigenvalue weighted by Gasteiger charge is -2.54. The van der Waals surface area contributed by atoms with Crippen LogP contribution in [0.15, 0.2) is 12.3 Å². The van der Waals surface area contributed by atoms with Gasteiger partial charge in [-0.1, -0.05) is 33.8 Å². The SMILES string of the molecule is CCC(/C=C/n1ncc(C(=O)NC2C3CC4CC(C3)CC2C4)c1OCC(C)C)(CC)C(=O)NCCN.Cl. The van der Waals surface area contributed by atoms with Gasteiger partial charge in [-0.05, 0) is 74.5 Å². The van der Waals surface area contributed by atoms with Gasteiger partial charge in [0.05, 0.1) is 18.2 Å². The molecule has 4 aliphatic carbocycles. The first-order valence-electron chi connectivity index (χ1n) is 14.0. The lowest BCUT2D eigenvalue weighted by atomic mass is 9.54. The van der Waals surface area contributed by atoms with Gasteiger partial charge in [-0.15, -0.1) is 12.4 Å². The number of halogens is 1. The van der Waals surface area contributed by atoms with E-state index in [0.717, 1.165) is 11.8 Å². The molecular weight excluding hydrogens is 490 g/mol. The molecule has 9 heteroatoms. The largest absolute Gasteiger partial charge is 0.477 e. The monoisotopic (exact) mass is 535 g/mol. The summed E-state index contributed by atoms with van der Waals surface area (Å²) in [5.41, 5.74) is 5.36. The van der Waals surface area contributed by atoms with E-state index in [1.165, 1.54) is 32.1 Å². The second-order valence-electron chi connectivity index (χ2n) is 11.7. The number of nitrogens with zero attached hydrogens (tertiary/aromatic N) is 2. The summed E-state index contributed by atoms with van der Waals surface area (Å²) in [5, 5.41) is 10.8. The summed E-state index contributed by atoms with van der Waals surface area (Å²) in [6, 6.07) is 0.251. The van der Waals surface area contributed by atoms with Gasteiger partial charge in [0.25, 0.3) is 5.91 Å². The van der Waals surface area contributed by atoms with Crippen LogP contribution < -0.4 is 21.1 Å². The van der Waals surface area contributed by atoms with Crippen molar-refractivity contribution >= 4 is 30.4 Å². The van der Waals surface area contributed by atoms with Gasteiger partial charge in [-0.25, -0.2) is 4.68 Å². The van der Waals surface area contributed by atoms with Crippen LogP contribution in [-0.4, -0.2) is 47.3 Å². The summed E-state index contributed by atoms with van der Waals surface area (Å²) >= 11 is 0. The smallest absolute Gasteiger partial charge is 0.258 e.